The normalized spacial score (nSPS) is 19.7. The van der Waals surface area contributed by atoms with Gasteiger partial charge in [0.1, 0.15) is 0 Å². The van der Waals surface area contributed by atoms with E-state index in [9.17, 15) is 9.59 Å². The van der Waals surface area contributed by atoms with Gasteiger partial charge in [0.2, 0.25) is 0 Å². The average molecular weight is 256 g/mol. The van der Waals surface area contributed by atoms with Crippen LogP contribution in [0.3, 0.4) is 0 Å². The molecule has 0 bridgehead atoms. The number of amides is 2. The second kappa shape index (κ2) is 5.59. The van der Waals surface area contributed by atoms with Crippen molar-refractivity contribution in [1.29, 1.82) is 0 Å². The highest BCUT2D eigenvalue weighted by atomic mass is 16.4. The van der Waals surface area contributed by atoms with E-state index in [0.29, 0.717) is 6.54 Å². The summed E-state index contributed by atoms with van der Waals surface area (Å²) < 4.78 is 0. The molecule has 1 N–H and O–H groups in total. The smallest absolute Gasteiger partial charge is 0.320 e. The highest BCUT2D eigenvalue weighted by Crippen LogP contribution is 2.29. The van der Waals surface area contributed by atoms with Crippen LogP contribution in [0.1, 0.15) is 47.0 Å². The van der Waals surface area contributed by atoms with Gasteiger partial charge in [-0.3, -0.25) is 4.79 Å². The molecule has 0 spiro atoms. The predicted molar refractivity (Wildman–Crippen MR) is 69.5 cm³/mol. The number of likely N-dealkylation sites (tertiary alicyclic amines) is 1. The Morgan fingerprint density at radius 2 is 2.06 bits per heavy atom. The van der Waals surface area contributed by atoms with E-state index in [1.165, 1.54) is 0 Å². The third kappa shape index (κ3) is 3.15. The maximum absolute atomic E-state index is 12.5. The summed E-state index contributed by atoms with van der Waals surface area (Å²) in [7, 11) is 0. The molecule has 1 rings (SSSR count). The molecule has 0 aromatic rings. The number of hydrogen-bond donors (Lipinski definition) is 1. The summed E-state index contributed by atoms with van der Waals surface area (Å²) in [5.41, 5.74) is -0.118. The number of carbonyl (C=O) groups is 2. The minimum atomic E-state index is -0.866. The van der Waals surface area contributed by atoms with Gasteiger partial charge in [-0.25, -0.2) is 4.79 Å². The summed E-state index contributed by atoms with van der Waals surface area (Å²) in [4.78, 5) is 26.7. The highest BCUT2D eigenvalue weighted by molar-refractivity contribution is 5.77. The predicted octanol–water partition coefficient (Wildman–Crippen LogP) is 2.17. The van der Waals surface area contributed by atoms with E-state index < -0.39 is 5.97 Å². The quantitative estimate of drug-likeness (QED) is 0.838. The van der Waals surface area contributed by atoms with E-state index in [1.54, 1.807) is 11.8 Å². The molecule has 18 heavy (non-hydrogen) atoms. The maximum Gasteiger partial charge on any atom is 0.320 e. The molecule has 1 saturated heterocycles. The zero-order chi connectivity index (χ0) is 13.9. The first-order valence-electron chi connectivity index (χ1n) is 6.59. The monoisotopic (exact) mass is 256 g/mol. The van der Waals surface area contributed by atoms with E-state index in [4.69, 9.17) is 5.11 Å². The van der Waals surface area contributed by atoms with E-state index >= 15 is 0 Å². The second-order valence-corrected chi connectivity index (χ2v) is 5.58. The molecular formula is C13H24N2O3. The number of carboxylic acid groups (broad SMARTS) is 1. The molecule has 5 heteroatoms. The summed E-state index contributed by atoms with van der Waals surface area (Å²) in [6.07, 6.45) is 2.01. The first kappa shape index (κ1) is 14.8. The lowest BCUT2D eigenvalue weighted by molar-refractivity contribution is -0.138. The van der Waals surface area contributed by atoms with Crippen molar-refractivity contribution in [2.24, 2.45) is 0 Å². The van der Waals surface area contributed by atoms with Gasteiger partial charge in [-0.15, -0.1) is 0 Å². The Bertz CT molecular complexity index is 328. The molecule has 1 aliphatic heterocycles. The summed E-state index contributed by atoms with van der Waals surface area (Å²) >= 11 is 0. The van der Waals surface area contributed by atoms with E-state index in [-0.39, 0.29) is 24.0 Å². The van der Waals surface area contributed by atoms with Crippen molar-refractivity contribution in [1.82, 2.24) is 9.80 Å². The molecule has 2 amide bonds. The van der Waals surface area contributed by atoms with Crippen LogP contribution in [0.2, 0.25) is 0 Å². The van der Waals surface area contributed by atoms with Crippen molar-refractivity contribution in [3.8, 4) is 0 Å². The lowest BCUT2D eigenvalue weighted by Crippen LogP contribution is -2.52. The van der Waals surface area contributed by atoms with Crippen molar-refractivity contribution in [3.63, 3.8) is 0 Å². The van der Waals surface area contributed by atoms with Crippen molar-refractivity contribution in [3.05, 3.63) is 0 Å². The van der Waals surface area contributed by atoms with Crippen LogP contribution in [0.5, 0.6) is 0 Å². The molecule has 1 unspecified atom stereocenters. The van der Waals surface area contributed by atoms with E-state index in [0.717, 1.165) is 19.4 Å². The summed E-state index contributed by atoms with van der Waals surface area (Å²) in [6.45, 7) is 9.11. The Hall–Kier alpha value is -1.26. The molecule has 1 atom stereocenters. The van der Waals surface area contributed by atoms with Gasteiger partial charge in [-0.2, -0.15) is 0 Å². The first-order valence-corrected chi connectivity index (χ1v) is 6.59. The summed E-state index contributed by atoms with van der Waals surface area (Å²) in [6, 6.07) is -0.301. The van der Waals surface area contributed by atoms with Gasteiger partial charge in [-0.05, 0) is 40.5 Å². The van der Waals surface area contributed by atoms with Crippen LogP contribution in [0, 0.1) is 0 Å². The fraction of sp³-hybridized carbons (Fsp3) is 0.846. The van der Waals surface area contributed by atoms with E-state index in [1.807, 2.05) is 11.8 Å². The Morgan fingerprint density at radius 1 is 1.44 bits per heavy atom. The Balaban J connectivity index is 2.76. The topological polar surface area (TPSA) is 60.9 Å². The molecule has 1 aliphatic rings. The van der Waals surface area contributed by atoms with Crippen LogP contribution in [0.25, 0.3) is 0 Å². The van der Waals surface area contributed by atoms with Gasteiger partial charge >= 0.3 is 12.0 Å². The molecule has 1 fully saturated rings. The number of rotatable bonds is 4. The fourth-order valence-corrected chi connectivity index (χ4v) is 2.62. The van der Waals surface area contributed by atoms with Gasteiger partial charge in [-0.1, -0.05) is 0 Å². The maximum atomic E-state index is 12.5. The molecule has 0 radical (unpaired) electrons. The minimum Gasteiger partial charge on any atom is -0.481 e. The van der Waals surface area contributed by atoms with Gasteiger partial charge < -0.3 is 14.9 Å². The molecule has 0 aromatic heterocycles. The zero-order valence-corrected chi connectivity index (χ0v) is 11.8. The van der Waals surface area contributed by atoms with Crippen LogP contribution in [-0.2, 0) is 4.79 Å². The molecule has 0 aliphatic carbocycles. The standard InChI is InChI=1S/C13H24N2O3/c1-5-14(10(2)9-11(16)17)12(18)15-8-6-7-13(15,3)4/h10H,5-9H2,1-4H3,(H,16,17). The number of urea groups is 1. The lowest BCUT2D eigenvalue weighted by atomic mass is 10.0. The average Bonchev–Trinajstić information content (AvgIpc) is 2.57. The van der Waals surface area contributed by atoms with Crippen molar-refractivity contribution < 1.29 is 14.7 Å². The number of carbonyl (C=O) groups excluding carboxylic acids is 1. The number of hydrogen-bond acceptors (Lipinski definition) is 2. The van der Waals surface area contributed by atoms with Gasteiger partial charge in [0, 0.05) is 24.7 Å². The molecule has 104 valence electrons. The minimum absolute atomic E-state index is 0.00610. The number of aliphatic carboxylic acids is 1. The third-order valence-corrected chi connectivity index (χ3v) is 3.72. The van der Waals surface area contributed by atoms with Crippen LogP contribution in [0.15, 0.2) is 0 Å². The zero-order valence-electron chi connectivity index (χ0n) is 11.8. The van der Waals surface area contributed by atoms with Crippen LogP contribution in [0.4, 0.5) is 4.79 Å². The van der Waals surface area contributed by atoms with Crippen molar-refractivity contribution in [2.75, 3.05) is 13.1 Å². The summed E-state index contributed by atoms with van der Waals surface area (Å²) in [5.74, 6) is -0.866. The molecule has 0 aromatic carbocycles. The van der Waals surface area contributed by atoms with Gasteiger partial charge in [0.15, 0.2) is 0 Å². The van der Waals surface area contributed by atoms with Gasteiger partial charge in [0.25, 0.3) is 0 Å². The van der Waals surface area contributed by atoms with E-state index in [2.05, 4.69) is 13.8 Å². The lowest BCUT2D eigenvalue weighted by Gasteiger charge is -2.38. The molecule has 1 heterocycles. The molecular weight excluding hydrogens is 232 g/mol. The van der Waals surface area contributed by atoms with Crippen LogP contribution in [-0.4, -0.2) is 51.6 Å². The fourth-order valence-electron chi connectivity index (χ4n) is 2.62. The Labute approximate surface area is 109 Å². The molecule has 0 saturated carbocycles. The summed E-state index contributed by atoms with van der Waals surface area (Å²) in [5, 5.41) is 8.83. The van der Waals surface area contributed by atoms with Gasteiger partial charge in [0.05, 0.1) is 6.42 Å². The Kier molecular flexibility index (Phi) is 4.59. The number of nitrogens with zero attached hydrogens (tertiary/aromatic N) is 2. The number of carboxylic acids is 1. The second-order valence-electron chi connectivity index (χ2n) is 5.58. The van der Waals surface area contributed by atoms with Crippen molar-refractivity contribution in [2.45, 2.75) is 58.5 Å². The SMILES string of the molecule is CCN(C(=O)N1CCCC1(C)C)C(C)CC(=O)O. The third-order valence-electron chi connectivity index (χ3n) is 3.72. The van der Waals surface area contributed by atoms with Crippen molar-refractivity contribution >= 4 is 12.0 Å². The molecule has 5 nitrogen and oxygen atoms in total. The first-order chi connectivity index (χ1) is 8.29. The van der Waals surface area contributed by atoms with Crippen LogP contribution >= 0.6 is 0 Å². The largest absolute Gasteiger partial charge is 0.481 e. The Morgan fingerprint density at radius 3 is 2.44 bits per heavy atom. The van der Waals surface area contributed by atoms with Crippen LogP contribution < -0.4 is 0 Å². The highest BCUT2D eigenvalue weighted by Gasteiger charge is 2.38.